The van der Waals surface area contributed by atoms with E-state index in [4.69, 9.17) is 10.4 Å². The van der Waals surface area contributed by atoms with Crippen molar-refractivity contribution in [3.8, 4) is 0 Å². The van der Waals surface area contributed by atoms with Crippen LogP contribution in [-0.2, 0) is 0 Å². The van der Waals surface area contributed by atoms with Gasteiger partial charge in [-0.15, -0.1) is 0 Å². The molecular formula is ClN2OSi. The zero-order chi connectivity index (χ0) is 4.71. The number of rotatable bonds is 0. The van der Waals surface area contributed by atoms with Crippen molar-refractivity contribution < 1.29 is 0 Å². The topological polar surface area (TPSA) is 53.5 Å². The van der Waals surface area contributed by atoms with Crippen molar-refractivity contribution in [1.29, 1.82) is 0 Å². The summed E-state index contributed by atoms with van der Waals surface area (Å²) in [6.07, 6.45) is 0. The number of hydrogen-bond donors (Lipinski definition) is 0. The average Bonchev–Trinajstić information content (AvgIpc) is 1.46. The second-order valence-corrected chi connectivity index (χ2v) is 0.0816. The summed E-state index contributed by atoms with van der Waals surface area (Å²) in [4.78, 5) is 9.36. The van der Waals surface area contributed by atoms with Gasteiger partial charge in [-0.1, -0.05) is 0 Å². The van der Waals surface area contributed by atoms with Crippen LogP contribution in [-0.4, -0.2) is 9.55 Å². The molecular weight excluding hydrogens is 108 g/mol. The van der Waals surface area contributed by atoms with E-state index < -0.39 is 0 Å². The van der Waals surface area contributed by atoms with E-state index in [9.17, 15) is 0 Å². The van der Waals surface area contributed by atoms with Crippen molar-refractivity contribution >= 4 is 20.6 Å². The van der Waals surface area contributed by atoms with Crippen LogP contribution in [0.15, 0.2) is 0 Å². The Balaban J connectivity index is 0. The zero-order valence-corrected chi connectivity index (χ0v) is 3.94. The fourth-order valence-corrected chi connectivity index (χ4v) is 0. The molecule has 0 bridgehead atoms. The summed E-state index contributed by atoms with van der Waals surface area (Å²) < 4.78 is 0. The third-order valence-corrected chi connectivity index (χ3v) is 0. The minimum absolute atomic E-state index is 1.25. The standard InChI is InChI=1S/ClSi.N2O/c1-2;1-2-3. The summed E-state index contributed by atoms with van der Waals surface area (Å²) in [6, 6.07) is 0. The number of nitroso groups, excluding NO2 is 1. The summed E-state index contributed by atoms with van der Waals surface area (Å²) in [5, 5.41) is 0. The number of nitrogens with zero attached hydrogens (tertiary/aromatic N) is 2. The van der Waals surface area contributed by atoms with Gasteiger partial charge in [0.15, 0.2) is 14.5 Å². The SMILES string of the molecule is [N-]=[N+]=O.[Si]Cl. The molecule has 0 aromatic heterocycles. The van der Waals surface area contributed by atoms with E-state index in [1.54, 1.807) is 0 Å². The second-order valence-electron chi connectivity index (χ2n) is 0.0816. The van der Waals surface area contributed by atoms with Crippen LogP contribution in [0.4, 0.5) is 0 Å². The molecule has 0 unspecified atom stereocenters. The molecule has 0 aromatic carbocycles. The summed E-state index contributed by atoms with van der Waals surface area (Å²) in [7, 11) is 2.44. The van der Waals surface area contributed by atoms with Crippen LogP contribution < -0.4 is 4.97 Å². The molecule has 5 heteroatoms. The molecule has 0 atom stereocenters. The van der Waals surface area contributed by atoms with Gasteiger partial charge in [-0.2, -0.15) is 11.1 Å². The molecule has 0 aliphatic heterocycles. The Hall–Kier alpha value is -0.183. The van der Waals surface area contributed by atoms with Crippen molar-refractivity contribution in [1.82, 2.24) is 4.97 Å². The van der Waals surface area contributed by atoms with Gasteiger partial charge in [0.25, 0.3) is 0 Å². The molecule has 3 nitrogen and oxygen atoms in total. The molecule has 5 heavy (non-hydrogen) atoms. The highest BCUT2D eigenvalue weighted by atomic mass is 35.6. The maximum absolute atomic E-state index is 8.11. The van der Waals surface area contributed by atoms with Gasteiger partial charge in [-0.05, 0) is 0 Å². The summed E-state index contributed by atoms with van der Waals surface area (Å²) >= 11 is 4.44. The molecule has 0 fully saturated rings. The van der Waals surface area contributed by atoms with Crippen molar-refractivity contribution in [3.63, 3.8) is 0 Å². The van der Waals surface area contributed by atoms with Crippen molar-refractivity contribution in [2.45, 2.75) is 0 Å². The quantitative estimate of drug-likeness (QED) is 0.188. The van der Waals surface area contributed by atoms with Gasteiger partial charge in [0.1, 0.15) is 4.97 Å². The lowest BCUT2D eigenvalue weighted by atomic mass is 13.2. The van der Waals surface area contributed by atoms with Crippen molar-refractivity contribution in [3.05, 3.63) is 10.4 Å². The van der Waals surface area contributed by atoms with Crippen molar-refractivity contribution in [2.24, 2.45) is 0 Å². The summed E-state index contributed by atoms with van der Waals surface area (Å²) in [5.74, 6) is 0. The smallest absolute Gasteiger partial charge is 0.174 e. The molecule has 0 heterocycles. The monoisotopic (exact) mass is 107 g/mol. The molecule has 0 aromatic rings. The highest BCUT2D eigenvalue weighted by Crippen LogP contribution is 1.29. The first-order valence-corrected chi connectivity index (χ1v) is 2.08. The second kappa shape index (κ2) is 45.4. The predicted octanol–water partition coefficient (Wildman–Crippen LogP) is 0.150. The molecule has 0 saturated heterocycles. The Morgan fingerprint density at radius 2 is 1.80 bits per heavy atom. The largest absolute Gasteiger partial charge is 0.294 e. The molecule has 0 aliphatic carbocycles. The van der Waals surface area contributed by atoms with Crippen molar-refractivity contribution in [2.75, 3.05) is 0 Å². The number of hydrogen-bond acceptors (Lipinski definition) is 1. The van der Waals surface area contributed by atoms with E-state index in [-0.39, 0.29) is 0 Å². The third-order valence-electron chi connectivity index (χ3n) is 0. The molecule has 27 valence electrons. The molecule has 0 rings (SSSR count). The van der Waals surface area contributed by atoms with Crippen LogP contribution in [0, 0.1) is 4.91 Å². The van der Waals surface area contributed by atoms with Crippen LogP contribution in [0.3, 0.4) is 0 Å². The summed E-state index contributed by atoms with van der Waals surface area (Å²) in [5.41, 5.74) is 6.64. The van der Waals surface area contributed by atoms with Gasteiger partial charge in [0, 0.05) is 0 Å². The fourth-order valence-electron chi connectivity index (χ4n) is 0. The number of halogens is 1. The highest BCUT2D eigenvalue weighted by molar-refractivity contribution is 6.80. The summed E-state index contributed by atoms with van der Waals surface area (Å²) in [6.45, 7) is 0. The van der Waals surface area contributed by atoms with Gasteiger partial charge in [0.05, 0.1) is 0 Å². The molecule has 0 aliphatic rings. The molecule has 0 amide bonds. The van der Waals surface area contributed by atoms with Gasteiger partial charge in [-0.3, -0.25) is 5.53 Å². The molecule has 0 saturated carbocycles. The maximum atomic E-state index is 8.11. The molecule has 0 spiro atoms. The first-order chi connectivity index (χ1) is 2.41. The van der Waals surface area contributed by atoms with Crippen LogP contribution in [0.2, 0.25) is 0 Å². The van der Waals surface area contributed by atoms with Crippen LogP contribution in [0.1, 0.15) is 0 Å². The van der Waals surface area contributed by atoms with E-state index in [0.717, 1.165) is 0 Å². The van der Waals surface area contributed by atoms with E-state index in [1.165, 1.54) is 4.97 Å². The third kappa shape index (κ3) is 376. The first kappa shape index (κ1) is 8.84. The molecule has 3 radical (unpaired) electrons. The van der Waals surface area contributed by atoms with Gasteiger partial charge in [-0.25, -0.2) is 0 Å². The van der Waals surface area contributed by atoms with Crippen LogP contribution >= 0.6 is 11.1 Å². The van der Waals surface area contributed by atoms with Crippen LogP contribution in [0.25, 0.3) is 5.53 Å². The van der Waals surface area contributed by atoms with E-state index >= 15 is 0 Å². The minimum atomic E-state index is 1.25. The average molecular weight is 108 g/mol. The van der Waals surface area contributed by atoms with Crippen LogP contribution in [0.5, 0.6) is 0 Å². The Bertz CT molecular complexity index is 30.6. The minimum Gasteiger partial charge on any atom is -0.294 e. The van der Waals surface area contributed by atoms with E-state index in [2.05, 4.69) is 20.6 Å². The lowest BCUT2D eigenvalue weighted by Gasteiger charge is -1.02. The Kier molecular flexibility index (Phi) is 80.3. The van der Waals surface area contributed by atoms with E-state index in [1.807, 2.05) is 0 Å². The van der Waals surface area contributed by atoms with E-state index in [0.29, 0.717) is 0 Å². The fraction of sp³-hybridized carbons (Fsp3) is 0. The Labute approximate surface area is 36.9 Å². The predicted molar refractivity (Wildman–Crippen MR) is 20.5 cm³/mol. The molecule has 0 N–H and O–H groups in total. The lowest BCUT2D eigenvalue weighted by molar-refractivity contribution is 1.58. The Morgan fingerprint density at radius 1 is 1.80 bits per heavy atom. The highest BCUT2D eigenvalue weighted by Gasteiger charge is 1.06. The Morgan fingerprint density at radius 3 is 1.80 bits per heavy atom. The normalized spacial score (nSPS) is 2.80. The first-order valence-electron chi connectivity index (χ1n) is 0.572. The van der Waals surface area contributed by atoms with Gasteiger partial charge in [0.2, 0.25) is 0 Å². The van der Waals surface area contributed by atoms with Gasteiger partial charge >= 0.3 is 0 Å². The lowest BCUT2D eigenvalue weighted by Crippen LogP contribution is -1.21. The zero-order valence-electron chi connectivity index (χ0n) is 2.18. The van der Waals surface area contributed by atoms with Gasteiger partial charge < -0.3 is 0 Å². The maximum Gasteiger partial charge on any atom is 0.174 e.